The van der Waals surface area contributed by atoms with Crippen LogP contribution in [0.25, 0.3) is 0 Å². The number of carbonyl (C=O) groups is 2. The molecule has 2 atom stereocenters. The molecule has 1 N–H and O–H groups in total. The fourth-order valence-electron chi connectivity index (χ4n) is 4.09. The van der Waals surface area contributed by atoms with Crippen molar-refractivity contribution in [1.29, 1.82) is 0 Å². The predicted molar refractivity (Wildman–Crippen MR) is 160 cm³/mol. The average Bonchev–Trinajstić information content (AvgIpc) is 2.98. The summed E-state index contributed by atoms with van der Waals surface area (Å²) in [5.41, 5.74) is 1.96. The van der Waals surface area contributed by atoms with Crippen LogP contribution in [0.4, 0.5) is 5.69 Å². The number of aryl methyl sites for hydroxylation is 1. The van der Waals surface area contributed by atoms with Crippen LogP contribution < -0.4 is 19.1 Å². The lowest BCUT2D eigenvalue weighted by Crippen LogP contribution is -2.52. The highest BCUT2D eigenvalue weighted by molar-refractivity contribution is 7.92. The highest BCUT2D eigenvalue weighted by Gasteiger charge is 2.32. The third kappa shape index (κ3) is 8.00. The molecule has 3 aromatic carbocycles. The first-order chi connectivity index (χ1) is 19.5. The fourth-order valence-corrected chi connectivity index (χ4v) is 5.50. The van der Waals surface area contributed by atoms with Gasteiger partial charge in [0.25, 0.3) is 10.0 Å². The first kappa shape index (κ1) is 31.5. The number of hydrogen-bond donors (Lipinski definition) is 1. The molecule has 2 amide bonds. The van der Waals surface area contributed by atoms with Crippen LogP contribution in [0.15, 0.2) is 77.7 Å². The van der Waals surface area contributed by atoms with E-state index in [0.717, 1.165) is 21.9 Å². The highest BCUT2D eigenvalue weighted by atomic mass is 32.2. The van der Waals surface area contributed by atoms with Crippen LogP contribution in [-0.4, -0.2) is 58.0 Å². The number of benzene rings is 3. The molecule has 0 radical (unpaired) electrons. The van der Waals surface area contributed by atoms with E-state index in [9.17, 15) is 18.0 Å². The van der Waals surface area contributed by atoms with Gasteiger partial charge < -0.3 is 19.7 Å². The maximum atomic E-state index is 14.0. The Morgan fingerprint density at radius 2 is 1.39 bits per heavy atom. The van der Waals surface area contributed by atoms with E-state index in [4.69, 9.17) is 9.47 Å². The molecule has 3 aromatic rings. The Labute approximate surface area is 243 Å². The van der Waals surface area contributed by atoms with Gasteiger partial charge in [-0.1, -0.05) is 36.8 Å². The molecule has 41 heavy (non-hydrogen) atoms. The summed E-state index contributed by atoms with van der Waals surface area (Å²) in [7, 11) is -1.06. The Hall–Kier alpha value is -4.05. The SMILES string of the molecule is CC[C@@H](C)NC(=O)[C@@H](C)N(Cc1ccc(OC)cc1)C(=O)CN(c1ccc(OC)cc1)S(=O)(=O)c1ccc(C)cc1. The van der Waals surface area contributed by atoms with Gasteiger partial charge in [-0.05, 0) is 81.3 Å². The van der Waals surface area contributed by atoms with E-state index in [1.807, 2.05) is 32.9 Å². The van der Waals surface area contributed by atoms with E-state index in [1.54, 1.807) is 62.6 Å². The lowest BCUT2D eigenvalue weighted by atomic mass is 10.1. The van der Waals surface area contributed by atoms with Gasteiger partial charge in [-0.2, -0.15) is 0 Å². The minimum Gasteiger partial charge on any atom is -0.497 e. The maximum Gasteiger partial charge on any atom is 0.264 e. The van der Waals surface area contributed by atoms with Crippen LogP contribution >= 0.6 is 0 Å². The molecule has 220 valence electrons. The van der Waals surface area contributed by atoms with Crippen LogP contribution in [0.5, 0.6) is 11.5 Å². The number of methoxy groups -OCH3 is 2. The molecule has 0 heterocycles. The van der Waals surface area contributed by atoms with Crippen LogP contribution in [0.2, 0.25) is 0 Å². The number of carbonyl (C=O) groups excluding carboxylic acids is 2. The van der Waals surface area contributed by atoms with Crippen molar-refractivity contribution in [3.05, 3.63) is 83.9 Å². The zero-order valence-electron chi connectivity index (χ0n) is 24.5. The van der Waals surface area contributed by atoms with E-state index >= 15 is 0 Å². The Kier molecular flexibility index (Phi) is 10.8. The van der Waals surface area contributed by atoms with Crippen LogP contribution in [-0.2, 0) is 26.2 Å². The summed E-state index contributed by atoms with van der Waals surface area (Å²) in [4.78, 5) is 28.6. The average molecular weight is 582 g/mol. The summed E-state index contributed by atoms with van der Waals surface area (Å²) in [6.45, 7) is 6.94. The fraction of sp³-hybridized carbons (Fsp3) is 0.355. The normalized spacial score (nSPS) is 12.6. The lowest BCUT2D eigenvalue weighted by molar-refractivity contribution is -0.139. The number of nitrogens with zero attached hydrogens (tertiary/aromatic N) is 2. The number of anilines is 1. The Morgan fingerprint density at radius 1 is 0.854 bits per heavy atom. The summed E-state index contributed by atoms with van der Waals surface area (Å²) in [6, 6.07) is 19.1. The third-order valence-electron chi connectivity index (χ3n) is 6.93. The van der Waals surface area contributed by atoms with Gasteiger partial charge in [0.05, 0.1) is 24.8 Å². The number of rotatable bonds is 13. The molecule has 0 aliphatic heterocycles. The van der Waals surface area contributed by atoms with Crippen molar-refractivity contribution in [2.45, 2.75) is 57.6 Å². The van der Waals surface area contributed by atoms with Gasteiger partial charge >= 0.3 is 0 Å². The van der Waals surface area contributed by atoms with Crippen LogP contribution in [0.1, 0.15) is 38.3 Å². The molecule has 10 heteroatoms. The monoisotopic (exact) mass is 581 g/mol. The molecule has 0 aliphatic rings. The van der Waals surface area contributed by atoms with Crippen molar-refractivity contribution in [3.8, 4) is 11.5 Å². The third-order valence-corrected chi connectivity index (χ3v) is 8.72. The quantitative estimate of drug-likeness (QED) is 0.318. The van der Waals surface area contributed by atoms with Crippen molar-refractivity contribution < 1.29 is 27.5 Å². The van der Waals surface area contributed by atoms with E-state index < -0.39 is 28.5 Å². The van der Waals surface area contributed by atoms with Gasteiger partial charge in [-0.15, -0.1) is 0 Å². The van der Waals surface area contributed by atoms with Gasteiger partial charge in [0, 0.05) is 12.6 Å². The van der Waals surface area contributed by atoms with E-state index in [-0.39, 0.29) is 23.4 Å². The number of nitrogens with one attached hydrogen (secondary N) is 1. The van der Waals surface area contributed by atoms with Crippen molar-refractivity contribution >= 4 is 27.5 Å². The first-order valence-corrected chi connectivity index (χ1v) is 14.9. The largest absolute Gasteiger partial charge is 0.497 e. The summed E-state index contributed by atoms with van der Waals surface area (Å²) >= 11 is 0. The first-order valence-electron chi connectivity index (χ1n) is 13.5. The van der Waals surface area contributed by atoms with Gasteiger partial charge in [0.15, 0.2) is 0 Å². The van der Waals surface area contributed by atoms with E-state index in [0.29, 0.717) is 17.2 Å². The summed E-state index contributed by atoms with van der Waals surface area (Å²) in [6.07, 6.45) is 0.727. The minimum absolute atomic E-state index is 0.0518. The molecule has 0 unspecified atom stereocenters. The summed E-state index contributed by atoms with van der Waals surface area (Å²) < 4.78 is 39.4. The van der Waals surface area contributed by atoms with Crippen LogP contribution in [0.3, 0.4) is 0 Å². The second kappa shape index (κ2) is 14.0. The molecule has 0 saturated heterocycles. The number of hydrogen-bond acceptors (Lipinski definition) is 6. The Balaban J connectivity index is 2.02. The second-order valence-corrected chi connectivity index (χ2v) is 11.7. The molecule has 0 saturated carbocycles. The summed E-state index contributed by atoms with van der Waals surface area (Å²) in [5.74, 6) is 0.353. The lowest BCUT2D eigenvalue weighted by Gasteiger charge is -2.32. The number of sulfonamides is 1. The summed E-state index contributed by atoms with van der Waals surface area (Å²) in [5, 5.41) is 2.93. The Morgan fingerprint density at radius 3 is 1.90 bits per heavy atom. The van der Waals surface area contributed by atoms with Crippen molar-refractivity contribution in [1.82, 2.24) is 10.2 Å². The molecule has 0 spiro atoms. The topological polar surface area (TPSA) is 105 Å². The van der Waals surface area contributed by atoms with Gasteiger partial charge in [0.1, 0.15) is 24.1 Å². The molecule has 9 nitrogen and oxygen atoms in total. The maximum absolute atomic E-state index is 14.0. The van der Waals surface area contributed by atoms with Crippen molar-refractivity contribution in [2.75, 3.05) is 25.1 Å². The molecular formula is C31H39N3O6S. The van der Waals surface area contributed by atoms with Gasteiger partial charge in [0.2, 0.25) is 11.8 Å². The predicted octanol–water partition coefficient (Wildman–Crippen LogP) is 4.54. The second-order valence-electron chi connectivity index (χ2n) is 9.89. The molecular weight excluding hydrogens is 542 g/mol. The molecule has 0 aromatic heterocycles. The van der Waals surface area contributed by atoms with Crippen LogP contribution in [0, 0.1) is 6.92 Å². The number of amides is 2. The zero-order chi connectivity index (χ0) is 30.2. The van der Waals surface area contributed by atoms with Crippen molar-refractivity contribution in [3.63, 3.8) is 0 Å². The van der Waals surface area contributed by atoms with Gasteiger partial charge in [-0.3, -0.25) is 13.9 Å². The standard InChI is InChI=1S/C31H39N3O6S/c1-7-23(3)32-31(36)24(4)33(20-25-10-14-27(39-5)15-11-25)30(35)21-34(26-12-16-28(40-6)17-13-26)41(37,38)29-18-8-22(2)9-19-29/h8-19,23-24H,7,20-21H2,1-6H3,(H,32,36)/t23-,24-/m1/s1. The zero-order valence-corrected chi connectivity index (χ0v) is 25.3. The van der Waals surface area contributed by atoms with E-state index in [1.165, 1.54) is 24.1 Å². The molecule has 3 rings (SSSR count). The van der Waals surface area contributed by atoms with E-state index in [2.05, 4.69) is 5.32 Å². The molecule has 0 aliphatic carbocycles. The minimum atomic E-state index is -4.14. The Bertz CT molecular complexity index is 1410. The van der Waals surface area contributed by atoms with Gasteiger partial charge in [-0.25, -0.2) is 8.42 Å². The smallest absolute Gasteiger partial charge is 0.264 e. The molecule has 0 fully saturated rings. The molecule has 0 bridgehead atoms. The van der Waals surface area contributed by atoms with Crippen molar-refractivity contribution in [2.24, 2.45) is 0 Å². The number of ether oxygens (including phenoxy) is 2. The highest BCUT2D eigenvalue weighted by Crippen LogP contribution is 2.27.